The zero-order valence-electron chi connectivity index (χ0n) is 16.4. The van der Waals surface area contributed by atoms with E-state index >= 15 is 0 Å². The highest BCUT2D eigenvalue weighted by Gasteiger charge is 2.22. The Morgan fingerprint density at radius 2 is 1.87 bits per heavy atom. The van der Waals surface area contributed by atoms with Crippen molar-refractivity contribution in [1.82, 2.24) is 9.97 Å². The van der Waals surface area contributed by atoms with Crippen molar-refractivity contribution in [1.29, 1.82) is 0 Å². The number of thiazole rings is 1. The van der Waals surface area contributed by atoms with Gasteiger partial charge in [-0.05, 0) is 48.9 Å². The van der Waals surface area contributed by atoms with Gasteiger partial charge in [0, 0.05) is 24.2 Å². The van der Waals surface area contributed by atoms with Crippen LogP contribution in [0.2, 0.25) is 0 Å². The van der Waals surface area contributed by atoms with Crippen molar-refractivity contribution in [3.05, 3.63) is 83.7 Å². The molecule has 0 fully saturated rings. The summed E-state index contributed by atoms with van der Waals surface area (Å²) in [6.45, 7) is 2.27. The summed E-state index contributed by atoms with van der Waals surface area (Å²) in [5.41, 5.74) is 3.14. The van der Waals surface area contributed by atoms with E-state index < -0.39 is 9.84 Å². The second kappa shape index (κ2) is 7.97. The van der Waals surface area contributed by atoms with Crippen molar-refractivity contribution in [3.8, 4) is 0 Å². The quantitative estimate of drug-likeness (QED) is 0.466. The molecule has 2 heterocycles. The van der Waals surface area contributed by atoms with E-state index in [1.807, 2.05) is 31.2 Å². The van der Waals surface area contributed by atoms with Crippen molar-refractivity contribution < 1.29 is 13.2 Å². The number of nitrogens with zero attached hydrogens (tertiary/aromatic N) is 3. The summed E-state index contributed by atoms with van der Waals surface area (Å²) in [7, 11) is -3.33. The van der Waals surface area contributed by atoms with E-state index in [4.69, 9.17) is 0 Å². The number of pyridine rings is 1. The Kier molecular flexibility index (Phi) is 5.36. The van der Waals surface area contributed by atoms with Gasteiger partial charge in [-0.15, -0.1) is 0 Å². The molecule has 0 radical (unpaired) electrons. The van der Waals surface area contributed by atoms with Gasteiger partial charge in [0.25, 0.3) is 5.91 Å². The third-order valence-electron chi connectivity index (χ3n) is 4.61. The largest absolute Gasteiger partial charge is 0.279 e. The predicted molar refractivity (Wildman–Crippen MR) is 119 cm³/mol. The van der Waals surface area contributed by atoms with Crippen molar-refractivity contribution in [3.63, 3.8) is 0 Å². The molecule has 0 unspecified atom stereocenters. The molecule has 4 rings (SSSR count). The molecule has 0 N–H and O–H groups in total. The summed E-state index contributed by atoms with van der Waals surface area (Å²) in [5.74, 6) is -0.179. The van der Waals surface area contributed by atoms with Crippen molar-refractivity contribution >= 4 is 42.4 Å². The van der Waals surface area contributed by atoms with E-state index in [1.54, 1.807) is 41.6 Å². The molecule has 0 aliphatic heterocycles. The summed E-state index contributed by atoms with van der Waals surface area (Å²) in [4.78, 5) is 23.9. The lowest BCUT2D eigenvalue weighted by Crippen LogP contribution is -2.30. The van der Waals surface area contributed by atoms with Crippen LogP contribution in [0.15, 0.2) is 71.9 Å². The van der Waals surface area contributed by atoms with Gasteiger partial charge in [0.2, 0.25) is 0 Å². The number of carbonyl (C=O) groups excluding carboxylic acids is 1. The van der Waals surface area contributed by atoms with Crippen LogP contribution in [0.5, 0.6) is 0 Å². The van der Waals surface area contributed by atoms with E-state index in [0.717, 1.165) is 11.1 Å². The van der Waals surface area contributed by atoms with Crippen molar-refractivity contribution in [2.45, 2.75) is 18.4 Å². The molecule has 0 saturated heterocycles. The van der Waals surface area contributed by atoms with Gasteiger partial charge in [0.05, 0.1) is 21.7 Å². The van der Waals surface area contributed by atoms with Gasteiger partial charge in [0.1, 0.15) is 0 Å². The lowest BCUT2D eigenvalue weighted by atomic mass is 10.1. The lowest BCUT2D eigenvalue weighted by molar-refractivity contribution is 0.0985. The van der Waals surface area contributed by atoms with Gasteiger partial charge in [-0.2, -0.15) is 0 Å². The summed E-state index contributed by atoms with van der Waals surface area (Å²) < 4.78 is 24.5. The minimum atomic E-state index is -3.33. The smallest absolute Gasteiger partial charge is 0.260 e. The summed E-state index contributed by atoms with van der Waals surface area (Å²) >= 11 is 1.29. The number of amides is 1. The second-order valence-corrected chi connectivity index (χ2v) is 10.0. The fraction of sp³-hybridized carbons (Fsp3) is 0.136. The van der Waals surface area contributed by atoms with Crippen LogP contribution in [0.1, 0.15) is 21.5 Å². The number of sulfone groups is 1. The molecule has 0 bridgehead atoms. The highest BCUT2D eigenvalue weighted by atomic mass is 32.2. The monoisotopic (exact) mass is 437 g/mol. The number of rotatable bonds is 5. The summed E-state index contributed by atoms with van der Waals surface area (Å²) in [5, 5.41) is 0.505. The molecule has 1 amide bonds. The number of aromatic nitrogens is 2. The standard InChI is InChI=1S/C22H19N3O3S2/c1-15-5-7-17(8-6-15)21(26)25(14-16-4-3-11-23-13-16)22-24-19-10-9-18(30(2,27)28)12-20(19)29-22/h3-13H,14H2,1-2H3. The van der Waals surface area contributed by atoms with Crippen LogP contribution in [0.3, 0.4) is 0 Å². The van der Waals surface area contributed by atoms with Crippen LogP contribution < -0.4 is 4.90 Å². The molecular weight excluding hydrogens is 418 g/mol. The number of carbonyl (C=O) groups is 1. The van der Waals surface area contributed by atoms with Crippen LogP contribution in [-0.4, -0.2) is 30.5 Å². The minimum Gasteiger partial charge on any atom is -0.279 e. The highest BCUT2D eigenvalue weighted by Crippen LogP contribution is 2.32. The number of hydrogen-bond acceptors (Lipinski definition) is 6. The fourth-order valence-corrected chi connectivity index (χ4v) is 4.72. The van der Waals surface area contributed by atoms with Crippen LogP contribution in [0.4, 0.5) is 5.13 Å². The molecule has 6 nitrogen and oxygen atoms in total. The first kappa shape index (κ1) is 20.2. The first-order valence-corrected chi connectivity index (χ1v) is 11.9. The number of aryl methyl sites for hydroxylation is 1. The number of anilines is 1. The maximum atomic E-state index is 13.3. The van der Waals surface area contributed by atoms with Crippen LogP contribution in [0.25, 0.3) is 10.2 Å². The fourth-order valence-electron chi connectivity index (χ4n) is 2.99. The van der Waals surface area contributed by atoms with Gasteiger partial charge >= 0.3 is 0 Å². The van der Waals surface area contributed by atoms with Gasteiger partial charge in [-0.3, -0.25) is 14.7 Å². The average molecular weight is 438 g/mol. The first-order valence-electron chi connectivity index (χ1n) is 9.19. The molecule has 0 saturated carbocycles. The van der Waals surface area contributed by atoms with E-state index in [0.29, 0.717) is 27.5 Å². The van der Waals surface area contributed by atoms with Crippen LogP contribution in [-0.2, 0) is 16.4 Å². The third-order valence-corrected chi connectivity index (χ3v) is 6.77. The van der Waals surface area contributed by atoms with E-state index in [-0.39, 0.29) is 10.8 Å². The van der Waals surface area contributed by atoms with Crippen molar-refractivity contribution in [2.24, 2.45) is 0 Å². The number of hydrogen-bond donors (Lipinski definition) is 0. The molecule has 30 heavy (non-hydrogen) atoms. The first-order chi connectivity index (χ1) is 14.3. The molecule has 2 aromatic heterocycles. The molecule has 0 spiro atoms. The Labute approximate surface area is 178 Å². The van der Waals surface area contributed by atoms with Crippen molar-refractivity contribution in [2.75, 3.05) is 11.2 Å². The van der Waals surface area contributed by atoms with Crippen LogP contribution in [0, 0.1) is 6.92 Å². The Bertz CT molecular complexity index is 1320. The second-order valence-electron chi connectivity index (χ2n) is 7.02. The van der Waals surface area contributed by atoms with E-state index in [2.05, 4.69) is 9.97 Å². The van der Waals surface area contributed by atoms with E-state index in [9.17, 15) is 13.2 Å². The Morgan fingerprint density at radius 3 is 2.53 bits per heavy atom. The molecule has 4 aromatic rings. The van der Waals surface area contributed by atoms with Crippen LogP contribution >= 0.6 is 11.3 Å². The summed E-state index contributed by atoms with van der Waals surface area (Å²) in [6, 6.07) is 15.9. The predicted octanol–water partition coefficient (Wildman–Crippen LogP) is 4.25. The Morgan fingerprint density at radius 1 is 1.10 bits per heavy atom. The molecule has 152 valence electrons. The zero-order chi connectivity index (χ0) is 21.3. The highest BCUT2D eigenvalue weighted by molar-refractivity contribution is 7.90. The number of benzene rings is 2. The molecule has 0 aliphatic carbocycles. The molecule has 2 aromatic carbocycles. The molecular formula is C22H19N3O3S2. The Balaban J connectivity index is 1.78. The minimum absolute atomic E-state index is 0.179. The molecule has 8 heteroatoms. The molecule has 0 aliphatic rings. The Hall–Kier alpha value is -3.10. The maximum absolute atomic E-state index is 13.3. The normalized spacial score (nSPS) is 11.5. The number of fused-ring (bicyclic) bond motifs is 1. The van der Waals surface area contributed by atoms with Gasteiger partial charge < -0.3 is 0 Å². The maximum Gasteiger partial charge on any atom is 0.260 e. The molecule has 0 atom stereocenters. The lowest BCUT2D eigenvalue weighted by Gasteiger charge is -2.20. The zero-order valence-corrected chi connectivity index (χ0v) is 18.1. The summed E-state index contributed by atoms with van der Waals surface area (Å²) in [6.07, 6.45) is 4.57. The van der Waals surface area contributed by atoms with Gasteiger partial charge in [0.15, 0.2) is 15.0 Å². The van der Waals surface area contributed by atoms with Gasteiger partial charge in [-0.25, -0.2) is 13.4 Å². The topological polar surface area (TPSA) is 80.2 Å². The third kappa shape index (κ3) is 4.24. The SMILES string of the molecule is Cc1ccc(C(=O)N(Cc2cccnc2)c2nc3ccc(S(C)(=O)=O)cc3s2)cc1. The van der Waals surface area contributed by atoms with Gasteiger partial charge in [-0.1, -0.05) is 35.1 Å². The average Bonchev–Trinajstić information content (AvgIpc) is 3.15. The van der Waals surface area contributed by atoms with E-state index in [1.165, 1.54) is 23.7 Å².